The third-order valence-corrected chi connectivity index (χ3v) is 6.36. The number of sulfonamides is 1. The largest absolute Gasteiger partial charge is 0.495 e. The zero-order valence-corrected chi connectivity index (χ0v) is 15.5. The minimum absolute atomic E-state index is 0.00927. The summed E-state index contributed by atoms with van der Waals surface area (Å²) in [4.78, 5) is 0.0858. The van der Waals surface area contributed by atoms with Gasteiger partial charge in [0, 0.05) is 22.6 Å². The second kappa shape index (κ2) is 6.82. The van der Waals surface area contributed by atoms with Gasteiger partial charge in [-0.25, -0.2) is 12.8 Å². The molecule has 0 atom stereocenters. The lowest BCUT2D eigenvalue weighted by Crippen LogP contribution is -2.33. The maximum absolute atomic E-state index is 14.0. The first-order chi connectivity index (χ1) is 11.4. The number of ether oxygens (including phenoxy) is 1. The highest BCUT2D eigenvalue weighted by Gasteiger charge is 2.39. The molecule has 7 heteroatoms. The zero-order valence-electron chi connectivity index (χ0n) is 13.1. The summed E-state index contributed by atoms with van der Waals surface area (Å²) in [5.41, 5.74) is 0.363. The van der Waals surface area contributed by atoms with E-state index < -0.39 is 15.8 Å². The second-order valence-electron chi connectivity index (χ2n) is 5.67. The Morgan fingerprint density at radius 2 is 1.96 bits per heavy atom. The highest BCUT2D eigenvalue weighted by Crippen LogP contribution is 2.37. The number of methoxy groups -OCH3 is 1. The summed E-state index contributed by atoms with van der Waals surface area (Å²) in [5, 5.41) is 0. The van der Waals surface area contributed by atoms with Gasteiger partial charge in [-0.15, -0.1) is 0 Å². The number of nitrogens with zero attached hydrogens (tertiary/aromatic N) is 1. The molecule has 1 fully saturated rings. The predicted octanol–water partition coefficient (Wildman–Crippen LogP) is 3.95. The maximum atomic E-state index is 14.0. The quantitative estimate of drug-likeness (QED) is 0.719. The molecule has 3 rings (SSSR count). The second-order valence-corrected chi connectivity index (χ2v) is 8.44. The molecule has 2 aromatic rings. The summed E-state index contributed by atoms with van der Waals surface area (Å²) in [6.07, 6.45) is 1.56. The molecule has 0 heterocycles. The first-order valence-corrected chi connectivity index (χ1v) is 9.75. The van der Waals surface area contributed by atoms with Gasteiger partial charge in [-0.1, -0.05) is 34.1 Å². The molecular weight excluding hydrogens is 397 g/mol. The molecule has 0 aliphatic heterocycles. The van der Waals surface area contributed by atoms with E-state index in [9.17, 15) is 12.8 Å². The van der Waals surface area contributed by atoms with Gasteiger partial charge in [-0.2, -0.15) is 4.31 Å². The average molecular weight is 414 g/mol. The van der Waals surface area contributed by atoms with Crippen LogP contribution in [0.4, 0.5) is 4.39 Å². The number of hydrogen-bond donors (Lipinski definition) is 0. The molecule has 0 spiro atoms. The fraction of sp³-hybridized carbons (Fsp3) is 0.294. The zero-order chi connectivity index (χ0) is 17.3. The lowest BCUT2D eigenvalue weighted by Gasteiger charge is -2.23. The molecule has 1 aliphatic carbocycles. The third kappa shape index (κ3) is 3.48. The van der Waals surface area contributed by atoms with E-state index in [4.69, 9.17) is 4.74 Å². The van der Waals surface area contributed by atoms with Crippen LogP contribution in [0.15, 0.2) is 51.8 Å². The Morgan fingerprint density at radius 1 is 1.25 bits per heavy atom. The number of hydrogen-bond acceptors (Lipinski definition) is 3. The maximum Gasteiger partial charge on any atom is 0.247 e. The molecule has 0 saturated heterocycles. The fourth-order valence-electron chi connectivity index (χ4n) is 2.55. The van der Waals surface area contributed by atoms with Crippen molar-refractivity contribution in [3.63, 3.8) is 0 Å². The van der Waals surface area contributed by atoms with Crippen LogP contribution in [0.2, 0.25) is 0 Å². The van der Waals surface area contributed by atoms with Gasteiger partial charge < -0.3 is 4.74 Å². The van der Waals surface area contributed by atoms with Crippen molar-refractivity contribution >= 4 is 26.0 Å². The highest BCUT2D eigenvalue weighted by molar-refractivity contribution is 9.10. The van der Waals surface area contributed by atoms with Crippen molar-refractivity contribution in [2.75, 3.05) is 7.11 Å². The Hall–Kier alpha value is -1.44. The van der Waals surface area contributed by atoms with Crippen molar-refractivity contribution in [2.24, 2.45) is 0 Å². The van der Waals surface area contributed by atoms with Crippen LogP contribution >= 0.6 is 15.9 Å². The summed E-state index contributed by atoms with van der Waals surface area (Å²) in [6.45, 7) is 0.00927. The molecule has 0 radical (unpaired) electrons. The Labute approximate surface area is 149 Å². The van der Waals surface area contributed by atoms with Gasteiger partial charge in [0.25, 0.3) is 0 Å². The van der Waals surface area contributed by atoms with E-state index in [0.717, 1.165) is 12.8 Å². The van der Waals surface area contributed by atoms with Gasteiger partial charge in [0.05, 0.1) is 7.11 Å². The average Bonchev–Trinajstić information content (AvgIpc) is 3.38. The van der Waals surface area contributed by atoms with Crippen molar-refractivity contribution in [2.45, 2.75) is 30.3 Å². The highest BCUT2D eigenvalue weighted by atomic mass is 79.9. The first-order valence-electron chi connectivity index (χ1n) is 7.52. The molecule has 0 unspecified atom stereocenters. The predicted molar refractivity (Wildman–Crippen MR) is 92.8 cm³/mol. The van der Waals surface area contributed by atoms with Crippen LogP contribution in [0.25, 0.3) is 0 Å². The monoisotopic (exact) mass is 413 g/mol. The molecule has 0 N–H and O–H groups in total. The molecule has 128 valence electrons. The van der Waals surface area contributed by atoms with Gasteiger partial charge in [0.15, 0.2) is 0 Å². The van der Waals surface area contributed by atoms with Crippen LogP contribution in [0.3, 0.4) is 0 Å². The Kier molecular flexibility index (Phi) is 4.94. The number of benzene rings is 2. The summed E-state index contributed by atoms with van der Waals surface area (Å²) < 4.78 is 47.5. The SMILES string of the molecule is COc1ccc(Br)cc1S(=O)(=O)N(Cc1ccccc1F)C1CC1. The molecule has 24 heavy (non-hydrogen) atoms. The smallest absolute Gasteiger partial charge is 0.247 e. The van der Waals surface area contributed by atoms with E-state index in [1.54, 1.807) is 30.3 Å². The van der Waals surface area contributed by atoms with Gasteiger partial charge in [-0.3, -0.25) is 0 Å². The van der Waals surface area contributed by atoms with Crippen LogP contribution in [0, 0.1) is 5.82 Å². The van der Waals surface area contributed by atoms with Crippen molar-refractivity contribution in [1.82, 2.24) is 4.31 Å². The molecule has 4 nitrogen and oxygen atoms in total. The van der Waals surface area contributed by atoms with Gasteiger partial charge in [0.2, 0.25) is 10.0 Å². The molecule has 2 aromatic carbocycles. The lowest BCUT2D eigenvalue weighted by atomic mass is 10.2. The number of rotatable bonds is 6. The van der Waals surface area contributed by atoms with Crippen LogP contribution in [-0.2, 0) is 16.6 Å². The molecule has 0 aromatic heterocycles. The minimum Gasteiger partial charge on any atom is -0.495 e. The molecule has 1 saturated carbocycles. The lowest BCUT2D eigenvalue weighted by molar-refractivity contribution is 0.378. The Morgan fingerprint density at radius 3 is 2.58 bits per heavy atom. The fourth-order valence-corrected chi connectivity index (χ4v) is 4.90. The standard InChI is InChI=1S/C17H17BrFNO3S/c1-23-16-9-6-13(18)10-17(16)24(21,22)20(14-7-8-14)11-12-4-2-3-5-15(12)19/h2-6,9-10,14H,7-8,11H2,1H3. The van der Waals surface area contributed by atoms with Crippen LogP contribution in [-0.4, -0.2) is 25.9 Å². The van der Waals surface area contributed by atoms with E-state index >= 15 is 0 Å². The van der Waals surface area contributed by atoms with Gasteiger partial charge in [0.1, 0.15) is 16.5 Å². The van der Waals surface area contributed by atoms with Gasteiger partial charge >= 0.3 is 0 Å². The van der Waals surface area contributed by atoms with Crippen molar-refractivity contribution < 1.29 is 17.5 Å². The van der Waals surface area contributed by atoms with Crippen LogP contribution in [0.1, 0.15) is 18.4 Å². The number of halogens is 2. The Balaban J connectivity index is 2.02. The van der Waals surface area contributed by atoms with E-state index in [0.29, 0.717) is 10.0 Å². The Bertz CT molecular complexity index is 853. The minimum atomic E-state index is -3.81. The third-order valence-electron chi connectivity index (χ3n) is 3.95. The molecule has 1 aliphatic rings. The molecule has 0 bridgehead atoms. The first kappa shape index (κ1) is 17.4. The molecule has 0 amide bonds. The summed E-state index contributed by atoms with van der Waals surface area (Å²) in [5.74, 6) is -0.128. The van der Waals surface area contributed by atoms with Crippen molar-refractivity contribution in [1.29, 1.82) is 0 Å². The molecular formula is C17H17BrFNO3S. The van der Waals surface area contributed by atoms with Crippen LogP contribution in [0.5, 0.6) is 5.75 Å². The summed E-state index contributed by atoms with van der Waals surface area (Å²) in [7, 11) is -2.38. The van der Waals surface area contributed by atoms with Gasteiger partial charge in [-0.05, 0) is 37.1 Å². The summed E-state index contributed by atoms with van der Waals surface area (Å²) >= 11 is 3.30. The van der Waals surface area contributed by atoms with Crippen molar-refractivity contribution in [3.8, 4) is 5.75 Å². The van der Waals surface area contributed by atoms with E-state index in [1.165, 1.54) is 23.5 Å². The van der Waals surface area contributed by atoms with Crippen molar-refractivity contribution in [3.05, 3.63) is 58.3 Å². The summed E-state index contributed by atoms with van der Waals surface area (Å²) in [6, 6.07) is 11.0. The van der Waals surface area contributed by atoms with Crippen LogP contribution < -0.4 is 4.74 Å². The topological polar surface area (TPSA) is 46.6 Å². The normalized spacial score (nSPS) is 14.8. The van der Waals surface area contributed by atoms with E-state index in [2.05, 4.69) is 15.9 Å². The van der Waals surface area contributed by atoms with E-state index in [1.807, 2.05) is 0 Å². The van der Waals surface area contributed by atoms with E-state index in [-0.39, 0.29) is 23.2 Å².